The minimum atomic E-state index is -1.25. The highest BCUT2D eigenvalue weighted by atomic mass is 32.2. The van der Waals surface area contributed by atoms with Crippen molar-refractivity contribution in [2.24, 2.45) is 0 Å². The summed E-state index contributed by atoms with van der Waals surface area (Å²) in [5.74, 6) is -7.04. The fourth-order valence-corrected chi connectivity index (χ4v) is 25.3. The highest BCUT2D eigenvalue weighted by Crippen LogP contribution is 2.52. The second kappa shape index (κ2) is 33.2. The molecule has 105 heavy (non-hydrogen) atoms. The van der Waals surface area contributed by atoms with Crippen LogP contribution in [0, 0.1) is 0 Å². The van der Waals surface area contributed by atoms with E-state index in [1.54, 1.807) is 125 Å². The molecular formula is C78H42O15S12-6. The standard InChI is InChI=1S/3C13H8O3S2.3C13H8O2S2/c3*14-13(15)8-5-6-12-10(7-8)17-9-3-1-2-4-11(9)18(12)16;3*14-13(15)8-5-6-11-12(7-8)17-10-4-2-1-3-9(10)16-11/h3*1-7H,(H,14,15);3*1-7H,(H,14,15)/p-6. The summed E-state index contributed by atoms with van der Waals surface area (Å²) in [6.45, 7) is 0. The van der Waals surface area contributed by atoms with Crippen LogP contribution in [0.15, 0.2) is 372 Å². The topological polar surface area (TPSA) is 292 Å². The quantitative estimate of drug-likeness (QED) is 0.149. The Morgan fingerprint density at radius 1 is 0.181 bits per heavy atom. The minimum absolute atomic E-state index is 0.109. The summed E-state index contributed by atoms with van der Waals surface area (Å²) in [6, 6.07) is 75.6. The Hall–Kier alpha value is -8.94. The zero-order chi connectivity index (χ0) is 73.6. The van der Waals surface area contributed by atoms with Gasteiger partial charge in [0.25, 0.3) is 0 Å². The average molecular weight is 1600 g/mol. The van der Waals surface area contributed by atoms with E-state index in [2.05, 4.69) is 18.2 Å². The monoisotopic (exact) mass is 1600 g/mol. The fraction of sp³-hybridized carbons (Fsp3) is 0. The fourth-order valence-electron chi connectivity index (χ4n) is 10.3. The van der Waals surface area contributed by atoms with Gasteiger partial charge in [0, 0.05) is 88.1 Å². The molecule has 12 aromatic rings. The van der Waals surface area contributed by atoms with Crippen molar-refractivity contribution < 1.29 is 72.0 Å². The summed E-state index contributed by atoms with van der Waals surface area (Å²) in [7, 11) is -3.74. The molecule has 0 saturated carbocycles. The molecule has 27 heteroatoms. The van der Waals surface area contributed by atoms with E-state index in [0.29, 0.717) is 29.4 Å². The number of benzene rings is 12. The van der Waals surface area contributed by atoms with E-state index in [0.717, 1.165) is 58.7 Å². The molecule has 6 heterocycles. The SMILES string of the molecule is O=C([O-])c1ccc2c(c1)Sc1ccccc1S2.O=C([O-])c1ccc2c(c1)Sc1ccccc1S2.O=C([O-])c1ccc2c(c1)Sc1ccccc1S2.O=C([O-])c1ccc2c(c1)Sc1ccccc1S2=O.O=C([O-])c1ccc2c(c1)Sc1ccccc1S2=O.O=C([O-])c1ccc2c(c1)Sc1ccccc1S2=O. The molecule has 0 amide bonds. The van der Waals surface area contributed by atoms with Crippen molar-refractivity contribution in [1.82, 2.24) is 0 Å². The van der Waals surface area contributed by atoms with Crippen LogP contribution < -0.4 is 30.6 Å². The van der Waals surface area contributed by atoms with E-state index >= 15 is 0 Å². The van der Waals surface area contributed by atoms with Crippen molar-refractivity contribution in [2.45, 2.75) is 117 Å². The Balaban J connectivity index is 0.000000112. The minimum Gasteiger partial charge on any atom is -0.545 e. The third-order valence-corrected chi connectivity index (χ3v) is 31.7. The number of carboxylic acid groups (broad SMARTS) is 6. The molecule has 0 aromatic heterocycles. The number of carbonyl (C=O) groups excluding carboxylic acids is 6. The molecule has 0 spiro atoms. The molecule has 15 nitrogen and oxygen atoms in total. The van der Waals surface area contributed by atoms with Crippen LogP contribution in [-0.2, 0) is 32.4 Å². The van der Waals surface area contributed by atoms with E-state index < -0.39 is 68.2 Å². The molecule has 6 aliphatic rings. The van der Waals surface area contributed by atoms with Crippen LogP contribution in [0.4, 0.5) is 0 Å². The first-order valence-corrected chi connectivity index (χ1v) is 41.5. The van der Waals surface area contributed by atoms with Gasteiger partial charge in [-0.05, 0) is 179 Å². The van der Waals surface area contributed by atoms with Crippen LogP contribution >= 0.6 is 106 Å². The van der Waals surface area contributed by atoms with Gasteiger partial charge in [0.1, 0.15) is 0 Å². The van der Waals surface area contributed by atoms with E-state index in [1.165, 1.54) is 101 Å². The number of fused-ring (bicyclic) bond motifs is 12. The Morgan fingerprint density at radius 3 is 0.552 bits per heavy atom. The Morgan fingerprint density at radius 2 is 0.333 bits per heavy atom. The third-order valence-electron chi connectivity index (χ3n) is 15.3. The van der Waals surface area contributed by atoms with Gasteiger partial charge in [-0.3, -0.25) is 0 Å². The van der Waals surface area contributed by atoms with Crippen molar-refractivity contribution in [2.75, 3.05) is 0 Å². The van der Waals surface area contributed by atoms with Gasteiger partial charge in [-0.15, -0.1) is 0 Å². The number of carboxylic acids is 6. The van der Waals surface area contributed by atoms with Gasteiger partial charge in [0.15, 0.2) is 0 Å². The van der Waals surface area contributed by atoms with Crippen molar-refractivity contribution in [3.63, 3.8) is 0 Å². The van der Waals surface area contributed by atoms with Crippen LogP contribution in [0.5, 0.6) is 0 Å². The summed E-state index contributed by atoms with van der Waals surface area (Å²) >= 11 is 14.1. The lowest BCUT2D eigenvalue weighted by Crippen LogP contribution is -2.22. The van der Waals surface area contributed by atoms with Gasteiger partial charge in [-0.25, -0.2) is 12.6 Å². The molecule has 3 unspecified atom stereocenters. The molecule has 0 saturated heterocycles. The number of carbonyl (C=O) groups is 6. The maximum Gasteiger partial charge on any atom is 0.0872 e. The van der Waals surface area contributed by atoms with E-state index in [9.17, 15) is 72.0 Å². The van der Waals surface area contributed by atoms with Crippen molar-refractivity contribution in [3.05, 3.63) is 288 Å². The summed E-state index contributed by atoms with van der Waals surface area (Å²) < 4.78 is 37.0. The molecule has 18 rings (SSSR count). The zero-order valence-corrected chi connectivity index (χ0v) is 63.1. The molecule has 3 atom stereocenters. The first-order valence-electron chi connectivity index (χ1n) is 30.7. The van der Waals surface area contributed by atoms with Gasteiger partial charge in [0.05, 0.1) is 97.6 Å². The zero-order valence-electron chi connectivity index (χ0n) is 53.3. The predicted octanol–water partition coefficient (Wildman–Crippen LogP) is 13.0. The van der Waals surface area contributed by atoms with Crippen molar-refractivity contribution >= 4 is 174 Å². The molecule has 0 fully saturated rings. The Bertz CT molecular complexity index is 5090. The molecule has 0 bridgehead atoms. The smallest absolute Gasteiger partial charge is 0.0872 e. The van der Waals surface area contributed by atoms with Crippen molar-refractivity contribution in [1.29, 1.82) is 0 Å². The van der Waals surface area contributed by atoms with Gasteiger partial charge < -0.3 is 59.4 Å². The lowest BCUT2D eigenvalue weighted by Gasteiger charge is -2.18. The molecule has 0 radical (unpaired) electrons. The van der Waals surface area contributed by atoms with E-state index in [1.807, 2.05) is 146 Å². The normalized spacial score (nSPS) is 14.8. The Kier molecular flexibility index (Phi) is 23.5. The first-order chi connectivity index (χ1) is 50.7. The highest BCUT2D eigenvalue weighted by molar-refractivity contribution is 8.06. The molecule has 12 aromatic carbocycles. The third kappa shape index (κ3) is 17.2. The van der Waals surface area contributed by atoms with E-state index in [4.69, 9.17) is 0 Å². The second-order valence-electron chi connectivity index (χ2n) is 22.1. The van der Waals surface area contributed by atoms with Gasteiger partial charge in [-0.1, -0.05) is 215 Å². The maximum absolute atomic E-state index is 12.3. The van der Waals surface area contributed by atoms with Crippen LogP contribution in [0.2, 0.25) is 0 Å². The summed E-state index contributed by atoms with van der Waals surface area (Å²) in [6.07, 6.45) is 0. The molecule has 522 valence electrons. The highest BCUT2D eigenvalue weighted by Gasteiger charge is 2.27. The summed E-state index contributed by atoms with van der Waals surface area (Å²) in [4.78, 5) is 87.4. The van der Waals surface area contributed by atoms with Gasteiger partial charge >= 0.3 is 0 Å². The van der Waals surface area contributed by atoms with Crippen LogP contribution in [0.1, 0.15) is 62.1 Å². The first kappa shape index (κ1) is 74.3. The van der Waals surface area contributed by atoms with Gasteiger partial charge in [-0.2, -0.15) is 0 Å². The van der Waals surface area contributed by atoms with E-state index in [-0.39, 0.29) is 33.4 Å². The molecule has 6 aliphatic heterocycles. The summed E-state index contributed by atoms with van der Waals surface area (Å²) in [5.41, 5.74) is 1.02. The summed E-state index contributed by atoms with van der Waals surface area (Å²) in [5, 5.41) is 64.9. The largest absolute Gasteiger partial charge is 0.545 e. The maximum atomic E-state index is 12.3. The number of rotatable bonds is 6. The lowest BCUT2D eigenvalue weighted by molar-refractivity contribution is -0.256. The molecule has 0 aliphatic carbocycles. The van der Waals surface area contributed by atoms with Crippen LogP contribution in [0.3, 0.4) is 0 Å². The van der Waals surface area contributed by atoms with Crippen molar-refractivity contribution in [3.8, 4) is 0 Å². The lowest BCUT2D eigenvalue weighted by atomic mass is 10.2. The number of aromatic carboxylic acids is 6. The molecule has 0 N–H and O–H groups in total. The number of hydrogen-bond donors (Lipinski definition) is 0. The average Bonchev–Trinajstić information content (AvgIpc) is 0.909. The Labute approximate surface area is 645 Å². The van der Waals surface area contributed by atoms with Crippen LogP contribution in [0.25, 0.3) is 0 Å². The van der Waals surface area contributed by atoms with Crippen LogP contribution in [-0.4, -0.2) is 48.4 Å². The second-order valence-corrected chi connectivity index (χ2v) is 36.1. The number of hydrogen-bond acceptors (Lipinski definition) is 24. The predicted molar refractivity (Wildman–Crippen MR) is 394 cm³/mol. The molecular weight excluding hydrogens is 1560 g/mol. The van der Waals surface area contributed by atoms with Gasteiger partial charge in [0.2, 0.25) is 0 Å².